The quantitative estimate of drug-likeness (QED) is 0.557. The molecule has 1 N–H and O–H groups in total. The van der Waals surface area contributed by atoms with Crippen molar-refractivity contribution in [2.24, 2.45) is 0 Å². The highest BCUT2D eigenvalue weighted by Gasteiger charge is 2.28. The Hall–Kier alpha value is -3.07. The first-order chi connectivity index (χ1) is 16.4. The molecular formula is C26H30N4O3S. The highest BCUT2D eigenvalue weighted by atomic mass is 32.2. The molecule has 1 fully saturated rings. The molecule has 178 valence electrons. The highest BCUT2D eigenvalue weighted by molar-refractivity contribution is 7.89. The number of aryl methyl sites for hydroxylation is 1. The molecule has 0 aliphatic carbocycles. The minimum absolute atomic E-state index is 0.207. The molecule has 0 saturated carbocycles. The summed E-state index contributed by atoms with van der Waals surface area (Å²) in [6.45, 7) is 7.49. The van der Waals surface area contributed by atoms with Gasteiger partial charge >= 0.3 is 0 Å². The van der Waals surface area contributed by atoms with Crippen LogP contribution in [-0.4, -0.2) is 61.2 Å². The number of sulfonamides is 1. The largest absolute Gasteiger partial charge is 0.322 e. The van der Waals surface area contributed by atoms with E-state index in [0.717, 1.165) is 42.9 Å². The van der Waals surface area contributed by atoms with Crippen molar-refractivity contribution in [1.82, 2.24) is 14.2 Å². The maximum absolute atomic E-state index is 13.0. The lowest BCUT2D eigenvalue weighted by Gasteiger charge is -2.33. The molecule has 1 amide bonds. The monoisotopic (exact) mass is 478 g/mol. The molecule has 4 rings (SSSR count). The summed E-state index contributed by atoms with van der Waals surface area (Å²) in [6, 6.07) is 17.7. The average molecular weight is 479 g/mol. The van der Waals surface area contributed by atoms with E-state index in [-0.39, 0.29) is 10.8 Å². The molecule has 0 unspecified atom stereocenters. The topological polar surface area (TPSA) is 82.6 Å². The molecule has 1 saturated heterocycles. The number of nitrogens with one attached hydrogen (secondary N) is 1. The standard InChI is InChI=1S/C26H30N4O3S/c1-3-20-8-11-22(19-24(20)25-7-5-6-14-27-25)28-26(31)21-9-12-23(13-10-21)34(32,33)30-17-15-29(4-2)16-18-30/h5-14,19H,3-4,15-18H2,1-2H3,(H,28,31). The van der Waals surface area contributed by atoms with Crippen LogP contribution >= 0.6 is 0 Å². The first-order valence-corrected chi connectivity index (χ1v) is 13.0. The number of rotatable bonds is 7. The summed E-state index contributed by atoms with van der Waals surface area (Å²) in [7, 11) is -3.57. The average Bonchev–Trinajstić information content (AvgIpc) is 2.89. The maximum atomic E-state index is 13.0. The van der Waals surface area contributed by atoms with Gasteiger partial charge < -0.3 is 10.2 Å². The van der Waals surface area contributed by atoms with Crippen molar-refractivity contribution in [1.29, 1.82) is 0 Å². The Morgan fingerprint density at radius 3 is 2.32 bits per heavy atom. The van der Waals surface area contributed by atoms with Gasteiger partial charge in [-0.3, -0.25) is 9.78 Å². The zero-order valence-corrected chi connectivity index (χ0v) is 20.4. The second-order valence-electron chi connectivity index (χ2n) is 8.26. The van der Waals surface area contributed by atoms with E-state index in [4.69, 9.17) is 0 Å². The number of nitrogens with zero attached hydrogens (tertiary/aromatic N) is 3. The fraction of sp³-hybridized carbons (Fsp3) is 0.308. The van der Waals surface area contributed by atoms with Crippen LogP contribution in [0.2, 0.25) is 0 Å². The van der Waals surface area contributed by atoms with Gasteiger partial charge in [0.25, 0.3) is 5.91 Å². The molecule has 2 heterocycles. The van der Waals surface area contributed by atoms with Crippen molar-refractivity contribution in [2.45, 2.75) is 25.2 Å². The second kappa shape index (κ2) is 10.5. The molecule has 0 bridgehead atoms. The molecular weight excluding hydrogens is 448 g/mol. The Kier molecular flexibility index (Phi) is 7.41. The molecule has 0 radical (unpaired) electrons. The fourth-order valence-electron chi connectivity index (χ4n) is 4.14. The van der Waals surface area contributed by atoms with Crippen LogP contribution < -0.4 is 5.32 Å². The predicted molar refractivity (Wildman–Crippen MR) is 134 cm³/mol. The van der Waals surface area contributed by atoms with Crippen LogP contribution in [0.5, 0.6) is 0 Å². The van der Waals surface area contributed by atoms with Gasteiger partial charge in [-0.25, -0.2) is 8.42 Å². The van der Waals surface area contributed by atoms with Crippen LogP contribution in [0.1, 0.15) is 29.8 Å². The van der Waals surface area contributed by atoms with Gasteiger partial charge in [-0.1, -0.05) is 26.0 Å². The SMILES string of the molecule is CCc1ccc(NC(=O)c2ccc(S(=O)(=O)N3CCN(CC)CC3)cc2)cc1-c1ccccn1. The van der Waals surface area contributed by atoms with Crippen LogP contribution in [0.3, 0.4) is 0 Å². The van der Waals surface area contributed by atoms with E-state index in [1.807, 2.05) is 36.4 Å². The van der Waals surface area contributed by atoms with Crippen LogP contribution in [-0.2, 0) is 16.4 Å². The molecule has 3 aromatic rings. The van der Waals surface area contributed by atoms with E-state index in [9.17, 15) is 13.2 Å². The molecule has 1 aliphatic heterocycles. The summed E-state index contributed by atoms with van der Waals surface area (Å²) >= 11 is 0. The molecule has 8 heteroatoms. The first kappa shape index (κ1) is 24.1. The summed E-state index contributed by atoms with van der Waals surface area (Å²) in [5.41, 5.74) is 4.03. The Morgan fingerprint density at radius 2 is 1.71 bits per heavy atom. The Bertz CT molecular complexity index is 1240. The third kappa shape index (κ3) is 5.19. The van der Waals surface area contributed by atoms with Crippen LogP contribution in [0.15, 0.2) is 71.8 Å². The van der Waals surface area contributed by atoms with Crippen LogP contribution in [0.4, 0.5) is 5.69 Å². The molecule has 7 nitrogen and oxygen atoms in total. The number of pyridine rings is 1. The lowest BCUT2D eigenvalue weighted by molar-refractivity contribution is 0.102. The van der Waals surface area contributed by atoms with E-state index in [1.165, 1.54) is 16.4 Å². The van der Waals surface area contributed by atoms with Gasteiger partial charge in [0.05, 0.1) is 10.6 Å². The van der Waals surface area contributed by atoms with Gasteiger partial charge in [0.1, 0.15) is 0 Å². The van der Waals surface area contributed by atoms with Crippen LogP contribution in [0, 0.1) is 0 Å². The minimum atomic E-state index is -3.57. The number of carbonyl (C=O) groups is 1. The van der Waals surface area contributed by atoms with Gasteiger partial charge in [0.2, 0.25) is 10.0 Å². The van der Waals surface area contributed by atoms with Crippen molar-refractivity contribution in [3.05, 3.63) is 78.0 Å². The third-order valence-corrected chi connectivity index (χ3v) is 8.14. The van der Waals surface area contributed by atoms with Gasteiger partial charge in [-0.05, 0) is 67.1 Å². The summed E-state index contributed by atoms with van der Waals surface area (Å²) < 4.78 is 27.5. The number of carbonyl (C=O) groups excluding carboxylic acids is 1. The number of aromatic nitrogens is 1. The van der Waals surface area contributed by atoms with Crippen LogP contribution in [0.25, 0.3) is 11.3 Å². The number of benzene rings is 2. The molecule has 0 atom stereocenters. The normalized spacial score (nSPS) is 15.2. The summed E-state index contributed by atoms with van der Waals surface area (Å²) in [4.78, 5) is 19.7. The molecule has 1 aromatic heterocycles. The van der Waals surface area contributed by atoms with E-state index in [0.29, 0.717) is 24.3 Å². The number of amides is 1. The van der Waals surface area contributed by atoms with Gasteiger partial charge in [-0.15, -0.1) is 0 Å². The van der Waals surface area contributed by atoms with Gasteiger partial charge in [-0.2, -0.15) is 4.31 Å². The van der Waals surface area contributed by atoms with Gasteiger partial charge in [0.15, 0.2) is 0 Å². The number of hydrogen-bond donors (Lipinski definition) is 1. The minimum Gasteiger partial charge on any atom is -0.322 e. The summed E-state index contributed by atoms with van der Waals surface area (Å²) in [5.74, 6) is -0.295. The first-order valence-electron chi connectivity index (χ1n) is 11.6. The molecule has 2 aromatic carbocycles. The Labute approximate surface area is 201 Å². The molecule has 34 heavy (non-hydrogen) atoms. The Balaban J connectivity index is 1.48. The van der Waals surface area contributed by atoms with E-state index in [2.05, 4.69) is 29.0 Å². The fourth-order valence-corrected chi connectivity index (χ4v) is 5.56. The smallest absolute Gasteiger partial charge is 0.255 e. The van der Waals surface area contributed by atoms with Crippen molar-refractivity contribution in [2.75, 3.05) is 38.0 Å². The van der Waals surface area contributed by atoms with E-state index >= 15 is 0 Å². The molecule has 0 spiro atoms. The van der Waals surface area contributed by atoms with Crippen molar-refractivity contribution >= 4 is 21.6 Å². The highest BCUT2D eigenvalue weighted by Crippen LogP contribution is 2.26. The number of piperazine rings is 1. The summed E-state index contributed by atoms with van der Waals surface area (Å²) in [5, 5.41) is 2.92. The maximum Gasteiger partial charge on any atom is 0.255 e. The van der Waals surface area contributed by atoms with Crippen molar-refractivity contribution in [3.8, 4) is 11.3 Å². The van der Waals surface area contributed by atoms with E-state index in [1.54, 1.807) is 18.3 Å². The lowest BCUT2D eigenvalue weighted by Crippen LogP contribution is -2.48. The molecule has 1 aliphatic rings. The second-order valence-corrected chi connectivity index (χ2v) is 10.2. The van der Waals surface area contributed by atoms with E-state index < -0.39 is 10.0 Å². The predicted octanol–water partition coefficient (Wildman–Crippen LogP) is 3.89. The zero-order chi connectivity index (χ0) is 24.1. The Morgan fingerprint density at radius 1 is 0.971 bits per heavy atom. The number of anilines is 1. The third-order valence-electron chi connectivity index (χ3n) is 6.22. The van der Waals surface area contributed by atoms with Crippen molar-refractivity contribution < 1.29 is 13.2 Å². The number of hydrogen-bond acceptors (Lipinski definition) is 5. The van der Waals surface area contributed by atoms with Gasteiger partial charge in [0, 0.05) is 49.2 Å². The summed E-state index contributed by atoms with van der Waals surface area (Å²) in [6.07, 6.45) is 2.60. The zero-order valence-electron chi connectivity index (χ0n) is 19.6. The number of likely N-dealkylation sites (N-methyl/N-ethyl adjacent to an activating group) is 1. The lowest BCUT2D eigenvalue weighted by atomic mass is 10.0. The van der Waals surface area contributed by atoms with Crippen molar-refractivity contribution in [3.63, 3.8) is 0 Å².